The minimum absolute atomic E-state index is 0.00808. The number of anilines is 1. The van der Waals surface area contributed by atoms with Crippen molar-refractivity contribution in [2.75, 3.05) is 12.4 Å². The van der Waals surface area contributed by atoms with Crippen LogP contribution in [0, 0.1) is 11.3 Å². The molecule has 0 spiro atoms. The Morgan fingerprint density at radius 3 is 2.84 bits per heavy atom. The molecule has 4 nitrogen and oxygen atoms in total. The van der Waals surface area contributed by atoms with E-state index in [1.165, 1.54) is 6.92 Å². The molecule has 0 heterocycles. The number of hydrogen-bond donors (Lipinski definition) is 1. The van der Waals surface area contributed by atoms with Gasteiger partial charge < -0.3 is 10.1 Å². The largest absolute Gasteiger partial charge is 0.381 e. The monoisotopic (exact) mass is 258 g/mol. The van der Waals surface area contributed by atoms with Crippen molar-refractivity contribution in [1.29, 1.82) is 5.26 Å². The van der Waals surface area contributed by atoms with Gasteiger partial charge in [-0.3, -0.25) is 4.79 Å². The third-order valence-electron chi connectivity index (χ3n) is 3.62. The van der Waals surface area contributed by atoms with Gasteiger partial charge in [-0.1, -0.05) is 0 Å². The highest BCUT2D eigenvalue weighted by Crippen LogP contribution is 2.27. The first-order valence-electron chi connectivity index (χ1n) is 6.48. The number of nitriles is 1. The van der Waals surface area contributed by atoms with Crippen LogP contribution in [0.1, 0.15) is 42.1 Å². The number of methoxy groups -OCH3 is 1. The van der Waals surface area contributed by atoms with Crippen molar-refractivity contribution >= 4 is 11.5 Å². The summed E-state index contributed by atoms with van der Waals surface area (Å²) in [5.74, 6) is 0.00808. The summed E-state index contributed by atoms with van der Waals surface area (Å²) in [5, 5.41) is 12.5. The number of benzene rings is 1. The van der Waals surface area contributed by atoms with Gasteiger partial charge in [0.1, 0.15) is 6.07 Å². The van der Waals surface area contributed by atoms with E-state index in [-0.39, 0.29) is 5.78 Å². The fraction of sp³-hybridized carbons (Fsp3) is 0.467. The van der Waals surface area contributed by atoms with Gasteiger partial charge in [0.05, 0.1) is 17.4 Å². The Morgan fingerprint density at radius 1 is 1.47 bits per heavy atom. The highest BCUT2D eigenvalue weighted by atomic mass is 16.5. The zero-order valence-electron chi connectivity index (χ0n) is 11.3. The average molecular weight is 258 g/mol. The Labute approximate surface area is 113 Å². The lowest BCUT2D eigenvalue weighted by atomic mass is 10.1. The zero-order chi connectivity index (χ0) is 13.8. The van der Waals surface area contributed by atoms with E-state index in [4.69, 9.17) is 10.00 Å². The number of Topliss-reactive ketones (excluding diaryl/α,β-unsaturated/α-hetero) is 1. The van der Waals surface area contributed by atoms with Crippen LogP contribution in [0.3, 0.4) is 0 Å². The number of ketones is 1. The quantitative estimate of drug-likeness (QED) is 0.843. The standard InChI is InChI=1S/C15H18N2O2/c1-10(18)11-3-4-12(9-16)15(7-11)17-13-5-6-14(8-13)19-2/h3-4,7,13-14,17H,5-6,8H2,1-2H3. The Hall–Kier alpha value is -1.86. The molecule has 1 aromatic rings. The van der Waals surface area contributed by atoms with Crippen LogP contribution in [0.25, 0.3) is 0 Å². The fourth-order valence-corrected chi connectivity index (χ4v) is 2.49. The summed E-state index contributed by atoms with van der Waals surface area (Å²) in [6, 6.07) is 7.61. The van der Waals surface area contributed by atoms with E-state index in [1.54, 1.807) is 25.3 Å². The van der Waals surface area contributed by atoms with Crippen LogP contribution in [0.4, 0.5) is 5.69 Å². The maximum absolute atomic E-state index is 11.4. The molecule has 4 heteroatoms. The molecule has 0 saturated heterocycles. The van der Waals surface area contributed by atoms with Gasteiger partial charge in [-0.25, -0.2) is 0 Å². The molecule has 1 aliphatic carbocycles. The van der Waals surface area contributed by atoms with Crippen LogP contribution in [0.2, 0.25) is 0 Å². The smallest absolute Gasteiger partial charge is 0.159 e. The number of ether oxygens (including phenoxy) is 1. The number of carbonyl (C=O) groups is 1. The second-order valence-electron chi connectivity index (χ2n) is 4.94. The minimum Gasteiger partial charge on any atom is -0.381 e. The van der Waals surface area contributed by atoms with Gasteiger partial charge in [0.2, 0.25) is 0 Å². The van der Waals surface area contributed by atoms with Crippen LogP contribution in [-0.2, 0) is 4.74 Å². The number of nitrogens with one attached hydrogen (secondary N) is 1. The highest BCUT2D eigenvalue weighted by molar-refractivity contribution is 5.95. The molecule has 2 rings (SSSR count). The third kappa shape index (κ3) is 3.12. The first-order valence-corrected chi connectivity index (χ1v) is 6.48. The second kappa shape index (κ2) is 5.85. The van der Waals surface area contributed by atoms with E-state index in [2.05, 4.69) is 11.4 Å². The molecule has 1 aromatic carbocycles. The van der Waals surface area contributed by atoms with Gasteiger partial charge in [-0.05, 0) is 44.4 Å². The molecule has 2 atom stereocenters. The average Bonchev–Trinajstić information content (AvgIpc) is 2.86. The summed E-state index contributed by atoms with van der Waals surface area (Å²) in [7, 11) is 1.73. The molecule has 0 aliphatic heterocycles. The van der Waals surface area contributed by atoms with Crippen LogP contribution < -0.4 is 5.32 Å². The molecular formula is C15H18N2O2. The Morgan fingerprint density at radius 2 is 2.26 bits per heavy atom. The van der Waals surface area contributed by atoms with Gasteiger partial charge in [0, 0.05) is 18.7 Å². The van der Waals surface area contributed by atoms with Crippen molar-refractivity contribution in [2.24, 2.45) is 0 Å². The SMILES string of the molecule is COC1CCC(Nc2cc(C(C)=O)ccc2C#N)C1. The topological polar surface area (TPSA) is 62.1 Å². The van der Waals surface area contributed by atoms with Crippen molar-refractivity contribution in [3.05, 3.63) is 29.3 Å². The number of hydrogen-bond acceptors (Lipinski definition) is 4. The van der Waals surface area contributed by atoms with E-state index in [9.17, 15) is 4.79 Å². The Kier molecular flexibility index (Phi) is 4.18. The van der Waals surface area contributed by atoms with Crippen LogP contribution >= 0.6 is 0 Å². The highest BCUT2D eigenvalue weighted by Gasteiger charge is 2.24. The van der Waals surface area contributed by atoms with E-state index in [1.807, 2.05) is 0 Å². The van der Waals surface area contributed by atoms with Gasteiger partial charge in [0.15, 0.2) is 5.78 Å². The molecule has 2 unspecified atom stereocenters. The van der Waals surface area contributed by atoms with E-state index < -0.39 is 0 Å². The zero-order valence-corrected chi connectivity index (χ0v) is 11.3. The second-order valence-corrected chi connectivity index (χ2v) is 4.94. The van der Waals surface area contributed by atoms with Crippen molar-refractivity contribution in [1.82, 2.24) is 0 Å². The normalized spacial score (nSPS) is 21.9. The van der Waals surface area contributed by atoms with E-state index in [0.717, 1.165) is 24.9 Å². The molecule has 1 fully saturated rings. The molecule has 100 valence electrons. The predicted octanol–water partition coefficient (Wildman–Crippen LogP) is 2.74. The Bertz CT molecular complexity index is 519. The molecule has 19 heavy (non-hydrogen) atoms. The van der Waals surface area contributed by atoms with Crippen molar-refractivity contribution in [2.45, 2.75) is 38.3 Å². The lowest BCUT2D eigenvalue weighted by Gasteiger charge is -2.16. The molecule has 0 radical (unpaired) electrons. The Balaban J connectivity index is 2.17. The fourth-order valence-electron chi connectivity index (χ4n) is 2.49. The first kappa shape index (κ1) is 13.6. The number of carbonyl (C=O) groups excluding carboxylic acids is 1. The summed E-state index contributed by atoms with van der Waals surface area (Å²) in [4.78, 5) is 11.4. The van der Waals surface area contributed by atoms with Crippen LogP contribution in [-0.4, -0.2) is 25.0 Å². The van der Waals surface area contributed by atoms with Crippen LogP contribution in [0.15, 0.2) is 18.2 Å². The molecule has 0 bridgehead atoms. The van der Waals surface area contributed by atoms with Gasteiger partial charge in [0.25, 0.3) is 0 Å². The predicted molar refractivity (Wildman–Crippen MR) is 73.2 cm³/mol. The number of nitrogens with zero attached hydrogens (tertiary/aromatic N) is 1. The van der Waals surface area contributed by atoms with Gasteiger partial charge in [-0.15, -0.1) is 0 Å². The number of rotatable bonds is 4. The molecule has 1 N–H and O–H groups in total. The van der Waals surface area contributed by atoms with Gasteiger partial charge >= 0.3 is 0 Å². The molecule has 1 saturated carbocycles. The molecule has 0 aromatic heterocycles. The third-order valence-corrected chi connectivity index (χ3v) is 3.62. The first-order chi connectivity index (χ1) is 9.13. The summed E-state index contributed by atoms with van der Waals surface area (Å²) >= 11 is 0. The molecule has 0 amide bonds. The molecular weight excluding hydrogens is 240 g/mol. The minimum atomic E-state index is 0.00808. The maximum atomic E-state index is 11.4. The lowest BCUT2D eigenvalue weighted by Crippen LogP contribution is -2.18. The van der Waals surface area contributed by atoms with Crippen LogP contribution in [0.5, 0.6) is 0 Å². The van der Waals surface area contributed by atoms with Crippen molar-refractivity contribution < 1.29 is 9.53 Å². The molecule has 1 aliphatic rings. The van der Waals surface area contributed by atoms with E-state index in [0.29, 0.717) is 23.3 Å². The maximum Gasteiger partial charge on any atom is 0.159 e. The van der Waals surface area contributed by atoms with Crippen molar-refractivity contribution in [3.63, 3.8) is 0 Å². The summed E-state index contributed by atoms with van der Waals surface area (Å²) < 4.78 is 5.34. The summed E-state index contributed by atoms with van der Waals surface area (Å²) in [6.07, 6.45) is 3.28. The summed E-state index contributed by atoms with van der Waals surface area (Å²) in [6.45, 7) is 1.53. The van der Waals surface area contributed by atoms with Gasteiger partial charge in [-0.2, -0.15) is 5.26 Å². The lowest BCUT2D eigenvalue weighted by molar-refractivity contribution is 0.101. The van der Waals surface area contributed by atoms with Crippen molar-refractivity contribution in [3.8, 4) is 6.07 Å². The summed E-state index contributed by atoms with van der Waals surface area (Å²) in [5.41, 5.74) is 1.95. The van der Waals surface area contributed by atoms with E-state index >= 15 is 0 Å².